The lowest BCUT2D eigenvalue weighted by Crippen LogP contribution is -2.35. The highest BCUT2D eigenvalue weighted by Gasteiger charge is 2.14. The van der Waals surface area contributed by atoms with Gasteiger partial charge in [0.05, 0.1) is 11.3 Å². The summed E-state index contributed by atoms with van der Waals surface area (Å²) in [6.45, 7) is 3.36. The van der Waals surface area contributed by atoms with Crippen molar-refractivity contribution in [3.05, 3.63) is 90.0 Å². The number of thiocarbonyl (C=S) groups is 1. The van der Waals surface area contributed by atoms with Gasteiger partial charge in [-0.25, -0.2) is 0 Å². The van der Waals surface area contributed by atoms with Gasteiger partial charge in [0.2, 0.25) is 0 Å². The SMILES string of the molecule is CCCCNC(=O)c1ccccc1NC(=S)NC(=O)c1cccc(OCCOc2ccccc2)c1. The Bertz CT molecular complexity index is 1140. The highest BCUT2D eigenvalue weighted by Crippen LogP contribution is 2.16. The number of carbonyl (C=O) groups excluding carboxylic acids is 2. The summed E-state index contributed by atoms with van der Waals surface area (Å²) >= 11 is 5.31. The molecule has 7 nitrogen and oxygen atoms in total. The summed E-state index contributed by atoms with van der Waals surface area (Å²) in [5, 5.41) is 8.57. The van der Waals surface area contributed by atoms with Crippen molar-refractivity contribution in [1.29, 1.82) is 0 Å². The van der Waals surface area contributed by atoms with Gasteiger partial charge in [-0.15, -0.1) is 0 Å². The molecule has 0 spiro atoms. The van der Waals surface area contributed by atoms with Crippen LogP contribution in [-0.4, -0.2) is 36.7 Å². The van der Waals surface area contributed by atoms with Crippen LogP contribution in [0, 0.1) is 0 Å². The number of carbonyl (C=O) groups is 2. The second-order valence-electron chi connectivity index (χ2n) is 7.60. The molecule has 0 bridgehead atoms. The Labute approximate surface area is 210 Å². The van der Waals surface area contributed by atoms with Crippen LogP contribution in [0.3, 0.4) is 0 Å². The molecular formula is C27H29N3O4S. The quantitative estimate of drug-likeness (QED) is 0.264. The van der Waals surface area contributed by atoms with E-state index in [1.54, 1.807) is 48.5 Å². The van der Waals surface area contributed by atoms with Gasteiger partial charge in [-0.05, 0) is 61.1 Å². The number of unbranched alkanes of at least 4 members (excludes halogenated alkanes) is 1. The normalized spacial score (nSPS) is 10.2. The fraction of sp³-hybridized carbons (Fsp3) is 0.222. The van der Waals surface area contributed by atoms with Crippen LogP contribution in [0.4, 0.5) is 5.69 Å². The fourth-order valence-electron chi connectivity index (χ4n) is 3.16. The van der Waals surface area contributed by atoms with Crippen LogP contribution in [0.15, 0.2) is 78.9 Å². The van der Waals surface area contributed by atoms with Crippen molar-refractivity contribution in [2.24, 2.45) is 0 Å². The lowest BCUT2D eigenvalue weighted by Gasteiger charge is -2.14. The number of amides is 2. The molecule has 0 aliphatic heterocycles. The molecule has 0 radical (unpaired) electrons. The van der Waals surface area contributed by atoms with Crippen molar-refractivity contribution in [2.45, 2.75) is 19.8 Å². The van der Waals surface area contributed by atoms with Crippen molar-refractivity contribution in [3.63, 3.8) is 0 Å². The monoisotopic (exact) mass is 491 g/mol. The van der Waals surface area contributed by atoms with E-state index in [2.05, 4.69) is 22.9 Å². The first-order valence-electron chi connectivity index (χ1n) is 11.5. The van der Waals surface area contributed by atoms with Gasteiger partial charge >= 0.3 is 0 Å². The Kier molecular flexibility index (Phi) is 10.1. The first-order valence-corrected chi connectivity index (χ1v) is 11.9. The molecule has 0 aliphatic carbocycles. The number of para-hydroxylation sites is 2. The molecule has 0 aliphatic rings. The summed E-state index contributed by atoms with van der Waals surface area (Å²) in [5.41, 5.74) is 1.36. The van der Waals surface area contributed by atoms with Gasteiger partial charge in [0.1, 0.15) is 24.7 Å². The number of benzene rings is 3. The first kappa shape index (κ1) is 25.7. The van der Waals surface area contributed by atoms with Gasteiger partial charge in [0.15, 0.2) is 5.11 Å². The van der Waals surface area contributed by atoms with Crippen molar-refractivity contribution >= 4 is 34.8 Å². The highest BCUT2D eigenvalue weighted by molar-refractivity contribution is 7.80. The first-order chi connectivity index (χ1) is 17.1. The van der Waals surface area contributed by atoms with E-state index in [1.165, 1.54) is 0 Å². The number of hydrogen-bond acceptors (Lipinski definition) is 5. The Balaban J connectivity index is 1.52. The minimum absolute atomic E-state index is 0.0893. The molecular weight excluding hydrogens is 462 g/mol. The predicted octanol–water partition coefficient (Wildman–Crippen LogP) is 4.80. The van der Waals surface area contributed by atoms with Crippen LogP contribution in [0.2, 0.25) is 0 Å². The van der Waals surface area contributed by atoms with E-state index in [1.807, 2.05) is 30.3 Å². The molecule has 35 heavy (non-hydrogen) atoms. The van der Waals surface area contributed by atoms with E-state index in [0.29, 0.717) is 42.3 Å². The topological polar surface area (TPSA) is 88.7 Å². The Morgan fingerprint density at radius 2 is 1.51 bits per heavy atom. The second kappa shape index (κ2) is 13.7. The number of hydrogen-bond donors (Lipinski definition) is 3. The van der Waals surface area contributed by atoms with Crippen molar-refractivity contribution in [3.8, 4) is 11.5 Å². The molecule has 0 unspecified atom stereocenters. The smallest absolute Gasteiger partial charge is 0.257 e. The number of nitrogens with one attached hydrogen (secondary N) is 3. The van der Waals surface area contributed by atoms with Crippen LogP contribution < -0.4 is 25.4 Å². The molecule has 0 saturated heterocycles. The molecule has 0 atom stereocenters. The Morgan fingerprint density at radius 1 is 0.829 bits per heavy atom. The van der Waals surface area contributed by atoms with Crippen LogP contribution in [0.25, 0.3) is 0 Å². The van der Waals surface area contributed by atoms with Crippen molar-refractivity contribution < 1.29 is 19.1 Å². The second-order valence-corrected chi connectivity index (χ2v) is 8.01. The van der Waals surface area contributed by atoms with E-state index < -0.39 is 5.91 Å². The van der Waals surface area contributed by atoms with Crippen molar-refractivity contribution in [2.75, 3.05) is 25.1 Å². The van der Waals surface area contributed by atoms with E-state index in [4.69, 9.17) is 21.7 Å². The van der Waals surface area contributed by atoms with Gasteiger partial charge in [0.25, 0.3) is 11.8 Å². The van der Waals surface area contributed by atoms with Crippen molar-refractivity contribution in [1.82, 2.24) is 10.6 Å². The maximum atomic E-state index is 12.7. The van der Waals surface area contributed by atoms with Crippen LogP contribution in [0.5, 0.6) is 11.5 Å². The number of anilines is 1. The van der Waals surface area contributed by atoms with Crippen LogP contribution in [-0.2, 0) is 0 Å². The third kappa shape index (κ3) is 8.42. The van der Waals surface area contributed by atoms with Gasteiger partial charge in [-0.3, -0.25) is 14.9 Å². The molecule has 3 rings (SSSR count). The summed E-state index contributed by atoms with van der Waals surface area (Å²) in [5.74, 6) is 0.725. The largest absolute Gasteiger partial charge is 0.490 e. The lowest BCUT2D eigenvalue weighted by atomic mass is 10.1. The molecule has 0 heterocycles. The minimum atomic E-state index is -0.390. The summed E-state index contributed by atoms with van der Waals surface area (Å²) in [4.78, 5) is 25.2. The van der Waals surface area contributed by atoms with E-state index in [9.17, 15) is 9.59 Å². The third-order valence-electron chi connectivity index (χ3n) is 4.92. The number of rotatable bonds is 11. The third-order valence-corrected chi connectivity index (χ3v) is 5.13. The Hall–Kier alpha value is -3.91. The fourth-order valence-corrected chi connectivity index (χ4v) is 3.36. The zero-order chi connectivity index (χ0) is 24.9. The van der Waals surface area contributed by atoms with E-state index >= 15 is 0 Å². The predicted molar refractivity (Wildman–Crippen MR) is 141 cm³/mol. The molecule has 182 valence electrons. The molecule has 3 aromatic rings. The summed E-state index contributed by atoms with van der Waals surface area (Å²) in [6, 6.07) is 23.3. The molecule has 3 N–H and O–H groups in total. The van der Waals surface area contributed by atoms with E-state index in [0.717, 1.165) is 18.6 Å². The molecule has 0 fully saturated rings. The minimum Gasteiger partial charge on any atom is -0.490 e. The maximum Gasteiger partial charge on any atom is 0.257 e. The summed E-state index contributed by atoms with van der Waals surface area (Å²) in [7, 11) is 0. The molecule has 2 amide bonds. The lowest BCUT2D eigenvalue weighted by molar-refractivity contribution is 0.0952. The van der Waals surface area contributed by atoms with Crippen LogP contribution >= 0.6 is 12.2 Å². The van der Waals surface area contributed by atoms with Crippen LogP contribution in [0.1, 0.15) is 40.5 Å². The van der Waals surface area contributed by atoms with Gasteiger partial charge in [-0.1, -0.05) is 49.7 Å². The van der Waals surface area contributed by atoms with Gasteiger partial charge in [-0.2, -0.15) is 0 Å². The molecule has 3 aromatic carbocycles. The average Bonchev–Trinajstić information content (AvgIpc) is 2.88. The molecule has 0 aromatic heterocycles. The summed E-state index contributed by atoms with van der Waals surface area (Å²) in [6.07, 6.45) is 1.89. The standard InChI is InChI=1S/C27H29N3O4S/c1-2-3-16-28-26(32)23-14-7-8-15-24(23)29-27(35)30-25(31)20-10-9-13-22(19-20)34-18-17-33-21-11-5-4-6-12-21/h4-15,19H,2-3,16-18H2,1H3,(H,28,32)(H2,29,30,31,35). The highest BCUT2D eigenvalue weighted by atomic mass is 32.1. The average molecular weight is 492 g/mol. The Morgan fingerprint density at radius 3 is 2.29 bits per heavy atom. The van der Waals surface area contributed by atoms with E-state index in [-0.39, 0.29) is 11.0 Å². The summed E-state index contributed by atoms with van der Waals surface area (Å²) < 4.78 is 11.3. The van der Waals surface area contributed by atoms with Gasteiger partial charge in [0, 0.05) is 12.1 Å². The maximum absolute atomic E-state index is 12.7. The zero-order valence-corrected chi connectivity index (χ0v) is 20.4. The molecule has 0 saturated carbocycles. The number of ether oxygens (including phenoxy) is 2. The molecule has 8 heteroatoms. The van der Waals surface area contributed by atoms with Gasteiger partial charge < -0.3 is 20.1 Å². The zero-order valence-electron chi connectivity index (χ0n) is 19.6.